The zero-order valence-electron chi connectivity index (χ0n) is 11.7. The van der Waals surface area contributed by atoms with E-state index in [0.717, 1.165) is 12.1 Å². The van der Waals surface area contributed by atoms with Crippen molar-refractivity contribution in [3.8, 4) is 0 Å². The van der Waals surface area contributed by atoms with E-state index < -0.39 is 23.6 Å². The van der Waals surface area contributed by atoms with Crippen molar-refractivity contribution in [1.82, 2.24) is 10.2 Å². The van der Waals surface area contributed by atoms with Gasteiger partial charge < -0.3 is 16.0 Å². The first kappa shape index (κ1) is 16.1. The first-order chi connectivity index (χ1) is 10.3. The molecular weight excluding hydrogens is 299 g/mol. The van der Waals surface area contributed by atoms with Crippen molar-refractivity contribution in [2.45, 2.75) is 18.5 Å². The third-order valence-corrected chi connectivity index (χ3v) is 3.52. The number of alkyl halides is 3. The van der Waals surface area contributed by atoms with Crippen LogP contribution in [0.2, 0.25) is 0 Å². The number of carbonyl (C=O) groups is 2. The second kappa shape index (κ2) is 6.25. The van der Waals surface area contributed by atoms with Crippen LogP contribution < -0.4 is 11.1 Å². The summed E-state index contributed by atoms with van der Waals surface area (Å²) in [7, 11) is 0. The van der Waals surface area contributed by atoms with Crippen LogP contribution in [0.3, 0.4) is 0 Å². The monoisotopic (exact) mass is 315 g/mol. The lowest BCUT2D eigenvalue weighted by molar-refractivity contribution is -0.137. The average molecular weight is 315 g/mol. The maximum atomic E-state index is 12.8. The number of amides is 3. The normalized spacial score (nSPS) is 16.5. The molecule has 3 amide bonds. The highest BCUT2D eigenvalue weighted by atomic mass is 19.4. The molecule has 1 aliphatic heterocycles. The van der Waals surface area contributed by atoms with Gasteiger partial charge in [0.25, 0.3) is 0 Å². The van der Waals surface area contributed by atoms with Crippen molar-refractivity contribution in [2.75, 3.05) is 19.6 Å². The van der Waals surface area contributed by atoms with Crippen LogP contribution in [0.5, 0.6) is 0 Å². The summed E-state index contributed by atoms with van der Waals surface area (Å²) in [5.74, 6) is -1.19. The van der Waals surface area contributed by atoms with Gasteiger partial charge in [0, 0.05) is 32.0 Å². The fourth-order valence-corrected chi connectivity index (χ4v) is 2.45. The molecule has 1 unspecified atom stereocenters. The molecule has 120 valence electrons. The Kier molecular flexibility index (Phi) is 4.58. The van der Waals surface area contributed by atoms with Crippen LogP contribution in [0.1, 0.15) is 23.5 Å². The zero-order valence-corrected chi connectivity index (χ0v) is 11.7. The molecule has 0 radical (unpaired) electrons. The number of urea groups is 1. The van der Waals surface area contributed by atoms with E-state index in [1.807, 2.05) is 0 Å². The third-order valence-electron chi connectivity index (χ3n) is 3.52. The highest BCUT2D eigenvalue weighted by molar-refractivity contribution is 5.77. The molecule has 3 N–H and O–H groups in total. The Morgan fingerprint density at radius 3 is 2.68 bits per heavy atom. The first-order valence-corrected chi connectivity index (χ1v) is 6.75. The fourth-order valence-electron chi connectivity index (χ4n) is 2.45. The van der Waals surface area contributed by atoms with Gasteiger partial charge in [-0.25, -0.2) is 4.79 Å². The second-order valence-corrected chi connectivity index (χ2v) is 5.17. The molecule has 8 heteroatoms. The van der Waals surface area contributed by atoms with Crippen LogP contribution in [0.15, 0.2) is 24.3 Å². The van der Waals surface area contributed by atoms with Crippen molar-refractivity contribution in [1.29, 1.82) is 0 Å². The van der Waals surface area contributed by atoms with E-state index in [-0.39, 0.29) is 19.0 Å². The van der Waals surface area contributed by atoms with Gasteiger partial charge in [-0.2, -0.15) is 13.2 Å². The number of halogens is 3. The highest BCUT2D eigenvalue weighted by Gasteiger charge is 2.32. The van der Waals surface area contributed by atoms with E-state index in [1.165, 1.54) is 17.0 Å². The lowest BCUT2D eigenvalue weighted by atomic mass is 9.93. The molecule has 0 spiro atoms. The van der Waals surface area contributed by atoms with E-state index in [2.05, 4.69) is 5.32 Å². The number of primary amides is 1. The molecule has 22 heavy (non-hydrogen) atoms. The Morgan fingerprint density at radius 2 is 2.14 bits per heavy atom. The van der Waals surface area contributed by atoms with Crippen LogP contribution in [-0.2, 0) is 11.0 Å². The van der Waals surface area contributed by atoms with Crippen LogP contribution >= 0.6 is 0 Å². The summed E-state index contributed by atoms with van der Waals surface area (Å²) in [6.45, 7) is 1.08. The lowest BCUT2D eigenvalue weighted by Gasteiger charge is -2.23. The van der Waals surface area contributed by atoms with Crippen molar-refractivity contribution in [2.24, 2.45) is 5.73 Å². The van der Waals surface area contributed by atoms with E-state index in [9.17, 15) is 22.8 Å². The summed E-state index contributed by atoms with van der Waals surface area (Å²) in [6.07, 6.45) is -4.58. The summed E-state index contributed by atoms with van der Waals surface area (Å²) in [5, 5.41) is 2.61. The molecule has 5 nitrogen and oxygen atoms in total. The quantitative estimate of drug-likeness (QED) is 0.867. The third kappa shape index (κ3) is 3.90. The van der Waals surface area contributed by atoms with E-state index >= 15 is 0 Å². The predicted molar refractivity (Wildman–Crippen MR) is 73.0 cm³/mol. The summed E-state index contributed by atoms with van der Waals surface area (Å²) < 4.78 is 38.4. The molecule has 1 atom stereocenters. The molecule has 0 saturated carbocycles. The Bertz CT molecular complexity index is 575. The molecule has 1 aromatic rings. The fraction of sp³-hybridized carbons (Fsp3) is 0.429. The molecule has 1 saturated heterocycles. The number of benzene rings is 1. The summed E-state index contributed by atoms with van der Waals surface area (Å²) in [6, 6.07) is 4.48. The van der Waals surface area contributed by atoms with Gasteiger partial charge in [-0.05, 0) is 11.6 Å². The largest absolute Gasteiger partial charge is 0.416 e. The average Bonchev–Trinajstić information content (AvgIpc) is 2.82. The van der Waals surface area contributed by atoms with Crippen molar-refractivity contribution in [3.63, 3.8) is 0 Å². The minimum Gasteiger partial charge on any atom is -0.370 e. The smallest absolute Gasteiger partial charge is 0.370 e. The molecular formula is C14H16F3N3O2. The number of carbonyl (C=O) groups excluding carboxylic acids is 2. The van der Waals surface area contributed by atoms with Gasteiger partial charge in [0.05, 0.1) is 5.56 Å². The molecule has 1 aromatic carbocycles. The zero-order chi connectivity index (χ0) is 16.3. The van der Waals surface area contributed by atoms with Gasteiger partial charge in [0.1, 0.15) is 0 Å². The van der Waals surface area contributed by atoms with Gasteiger partial charge in [0.15, 0.2) is 0 Å². The Labute approximate surface area is 125 Å². The molecule has 0 aliphatic carbocycles. The van der Waals surface area contributed by atoms with Crippen molar-refractivity contribution < 1.29 is 22.8 Å². The Morgan fingerprint density at radius 1 is 1.41 bits per heavy atom. The maximum Gasteiger partial charge on any atom is 0.416 e. The standard InChI is InChI=1S/C14H16F3N3O2/c15-14(16,17)11-3-1-2-9(6-11)10(7-12(18)21)8-20-5-4-19-13(20)22/h1-3,6,10H,4-5,7-8H2,(H2,18,21)(H,19,22). The van der Waals surface area contributed by atoms with Crippen molar-refractivity contribution >= 4 is 11.9 Å². The number of hydrogen-bond donors (Lipinski definition) is 2. The summed E-state index contributed by atoms with van der Waals surface area (Å²) in [4.78, 5) is 24.2. The van der Waals surface area contributed by atoms with Gasteiger partial charge in [-0.15, -0.1) is 0 Å². The van der Waals surface area contributed by atoms with E-state index in [1.54, 1.807) is 0 Å². The van der Waals surface area contributed by atoms with E-state index in [0.29, 0.717) is 18.7 Å². The SMILES string of the molecule is NC(=O)CC(CN1CCNC1=O)c1cccc(C(F)(F)F)c1. The highest BCUT2D eigenvalue weighted by Crippen LogP contribution is 2.32. The van der Waals surface area contributed by atoms with Crippen LogP contribution in [-0.4, -0.2) is 36.5 Å². The van der Waals surface area contributed by atoms with Gasteiger partial charge in [0.2, 0.25) is 5.91 Å². The predicted octanol–water partition coefficient (Wildman–Crippen LogP) is 1.69. The molecule has 1 fully saturated rings. The first-order valence-electron chi connectivity index (χ1n) is 6.75. The Balaban J connectivity index is 2.25. The molecule has 1 heterocycles. The van der Waals surface area contributed by atoms with Crippen LogP contribution in [0, 0.1) is 0 Å². The number of nitrogens with one attached hydrogen (secondary N) is 1. The lowest BCUT2D eigenvalue weighted by Crippen LogP contribution is -2.33. The molecule has 1 aliphatic rings. The van der Waals surface area contributed by atoms with Crippen molar-refractivity contribution in [3.05, 3.63) is 35.4 Å². The summed E-state index contributed by atoms with van der Waals surface area (Å²) in [5.41, 5.74) is 4.74. The van der Waals surface area contributed by atoms with Gasteiger partial charge in [-0.3, -0.25) is 4.79 Å². The maximum absolute atomic E-state index is 12.8. The summed E-state index contributed by atoms with van der Waals surface area (Å²) >= 11 is 0. The number of nitrogens with zero attached hydrogens (tertiary/aromatic N) is 1. The molecule has 2 rings (SSSR count). The molecule has 0 bridgehead atoms. The topological polar surface area (TPSA) is 75.4 Å². The second-order valence-electron chi connectivity index (χ2n) is 5.17. The minimum absolute atomic E-state index is 0.120. The number of nitrogens with two attached hydrogens (primary N) is 1. The Hall–Kier alpha value is -2.25. The van der Waals surface area contributed by atoms with Gasteiger partial charge >= 0.3 is 12.2 Å². The van der Waals surface area contributed by atoms with Gasteiger partial charge in [-0.1, -0.05) is 18.2 Å². The van der Waals surface area contributed by atoms with E-state index in [4.69, 9.17) is 5.73 Å². The number of rotatable bonds is 5. The van der Waals surface area contributed by atoms with Crippen LogP contribution in [0.25, 0.3) is 0 Å². The number of hydrogen-bond acceptors (Lipinski definition) is 2. The van der Waals surface area contributed by atoms with Crippen LogP contribution in [0.4, 0.5) is 18.0 Å². The minimum atomic E-state index is -4.46. The molecule has 0 aromatic heterocycles.